The number of nitrogens with zero attached hydrogens (tertiary/aromatic N) is 3. The van der Waals surface area contributed by atoms with Crippen molar-refractivity contribution >= 4 is 47.7 Å². The normalized spacial score (nSPS) is 17.4. The lowest BCUT2D eigenvalue weighted by atomic mass is 10.1. The number of ketones is 1. The molecule has 1 aliphatic rings. The summed E-state index contributed by atoms with van der Waals surface area (Å²) >= 11 is 5.76. The zero-order chi connectivity index (χ0) is 28.5. The largest absolute Gasteiger partial charge is 0.481 e. The summed E-state index contributed by atoms with van der Waals surface area (Å²) in [5, 5.41) is 6.96. The Bertz CT molecular complexity index is 1490. The number of hydrogen-bond acceptors (Lipinski definition) is 6. The first-order chi connectivity index (χ1) is 18.3. The van der Waals surface area contributed by atoms with E-state index in [-0.39, 0.29) is 47.1 Å². The maximum absolute atomic E-state index is 14.4. The molecule has 0 radical (unpaired) electrons. The minimum absolute atomic E-state index is 0.0435. The van der Waals surface area contributed by atoms with Gasteiger partial charge in [-0.2, -0.15) is 5.10 Å². The van der Waals surface area contributed by atoms with Gasteiger partial charge in [-0.1, -0.05) is 23.7 Å². The van der Waals surface area contributed by atoms with Crippen LogP contribution in [0.5, 0.6) is 5.75 Å². The molecule has 39 heavy (non-hydrogen) atoms. The fourth-order valence-corrected chi connectivity index (χ4v) is 4.81. The summed E-state index contributed by atoms with van der Waals surface area (Å²) in [5.74, 6) is -2.37. The average Bonchev–Trinajstić information content (AvgIpc) is 3.43. The van der Waals surface area contributed by atoms with E-state index in [0.29, 0.717) is 5.39 Å². The fraction of sp³-hybridized carbons (Fsp3) is 0.333. The molecule has 3 N–H and O–H groups in total. The van der Waals surface area contributed by atoms with E-state index in [2.05, 4.69) is 10.4 Å². The number of halogens is 3. The van der Waals surface area contributed by atoms with Crippen molar-refractivity contribution in [1.82, 2.24) is 20.0 Å². The third-order valence-electron chi connectivity index (χ3n) is 6.10. The predicted octanol–water partition coefficient (Wildman–Crippen LogP) is 2.80. The maximum Gasteiger partial charge on any atom is 0.362 e. The lowest BCUT2D eigenvalue weighted by Gasteiger charge is -2.24. The summed E-state index contributed by atoms with van der Waals surface area (Å²) in [5.41, 5.74) is 0.423. The number of amides is 2. The van der Waals surface area contributed by atoms with Crippen LogP contribution in [0.1, 0.15) is 29.4 Å². The van der Waals surface area contributed by atoms with Crippen LogP contribution in [0.4, 0.5) is 8.78 Å². The first-order valence-electron chi connectivity index (χ1n) is 11.7. The summed E-state index contributed by atoms with van der Waals surface area (Å²) in [4.78, 5) is 57.4. The van der Waals surface area contributed by atoms with Crippen LogP contribution in [0.2, 0.25) is 5.02 Å². The highest BCUT2D eigenvalue weighted by molar-refractivity contribution is 7.51. The van der Waals surface area contributed by atoms with Crippen molar-refractivity contribution in [2.45, 2.75) is 38.6 Å². The summed E-state index contributed by atoms with van der Waals surface area (Å²) in [6.07, 6.45) is -2.61. The topological polar surface area (TPSA) is 151 Å². The standard InChI is InChI=1S/C24H24ClF2N4O7P/c1-13(32)23-17-6-5-16(38-12-39(35,36)37)8-19(17)31(29-23)11-21(33)30-10-15(26)7-20(30)24(34)28-9-14-3-2-4-18(25)22(14)27/h2-6,8,15,20H,7,9-12H2,1H3,(H,28,34)(H2,35,36,37)/t15-,20+/m1/s1. The van der Waals surface area contributed by atoms with Gasteiger partial charge in [-0.05, 0) is 18.2 Å². The van der Waals surface area contributed by atoms with Gasteiger partial charge in [0.25, 0.3) is 0 Å². The molecular weight excluding hydrogens is 561 g/mol. The van der Waals surface area contributed by atoms with E-state index in [1.54, 1.807) is 0 Å². The lowest BCUT2D eigenvalue weighted by molar-refractivity contribution is -0.139. The second-order valence-electron chi connectivity index (χ2n) is 9.01. The monoisotopic (exact) mass is 584 g/mol. The van der Waals surface area contributed by atoms with E-state index in [4.69, 9.17) is 26.1 Å². The summed E-state index contributed by atoms with van der Waals surface area (Å²) in [7, 11) is -4.46. The van der Waals surface area contributed by atoms with Crippen molar-refractivity contribution in [3.8, 4) is 5.75 Å². The van der Waals surface area contributed by atoms with Gasteiger partial charge in [0.2, 0.25) is 11.8 Å². The molecule has 0 unspecified atom stereocenters. The number of aromatic nitrogens is 2. The number of nitrogens with one attached hydrogen (secondary N) is 1. The smallest absolute Gasteiger partial charge is 0.362 e. The second-order valence-corrected chi connectivity index (χ2v) is 11.0. The van der Waals surface area contributed by atoms with Gasteiger partial charge in [0.05, 0.1) is 17.1 Å². The van der Waals surface area contributed by atoms with Crippen molar-refractivity contribution in [3.05, 3.63) is 58.5 Å². The van der Waals surface area contributed by atoms with Crippen LogP contribution in [0.15, 0.2) is 36.4 Å². The molecule has 1 aromatic heterocycles. The van der Waals surface area contributed by atoms with E-state index < -0.39 is 56.1 Å². The van der Waals surface area contributed by atoms with Crippen LogP contribution in [0, 0.1) is 5.82 Å². The van der Waals surface area contributed by atoms with Crippen molar-refractivity contribution in [2.75, 3.05) is 12.9 Å². The fourth-order valence-electron chi connectivity index (χ4n) is 4.30. The van der Waals surface area contributed by atoms with E-state index in [0.717, 1.165) is 4.90 Å². The molecule has 0 saturated carbocycles. The number of ether oxygens (including phenoxy) is 1. The SMILES string of the molecule is CC(=O)c1nn(CC(=O)N2C[C@H](F)C[C@H]2C(=O)NCc2cccc(Cl)c2F)c2cc(OCP(=O)(O)O)ccc12. The Morgan fingerprint density at radius 1 is 1.26 bits per heavy atom. The zero-order valence-electron chi connectivity index (χ0n) is 20.5. The molecule has 2 amide bonds. The Labute approximate surface area is 225 Å². The zero-order valence-corrected chi connectivity index (χ0v) is 22.2. The number of rotatable bonds is 9. The number of Topliss-reactive ketones (excluding diaryl/α,β-unsaturated/α-hetero) is 1. The molecule has 15 heteroatoms. The molecule has 2 atom stereocenters. The summed E-state index contributed by atoms with van der Waals surface area (Å²) < 4.78 is 46.0. The number of benzene rings is 2. The highest BCUT2D eigenvalue weighted by Gasteiger charge is 2.40. The third-order valence-corrected chi connectivity index (χ3v) is 6.86. The van der Waals surface area contributed by atoms with Gasteiger partial charge in [0.1, 0.15) is 36.0 Å². The minimum Gasteiger partial charge on any atom is -0.481 e. The van der Waals surface area contributed by atoms with E-state index in [9.17, 15) is 27.7 Å². The van der Waals surface area contributed by atoms with Crippen molar-refractivity contribution in [2.24, 2.45) is 0 Å². The van der Waals surface area contributed by atoms with Gasteiger partial charge in [-0.15, -0.1) is 0 Å². The average molecular weight is 585 g/mol. The molecule has 3 aromatic rings. The molecule has 1 saturated heterocycles. The molecule has 11 nitrogen and oxygen atoms in total. The number of alkyl halides is 1. The van der Waals surface area contributed by atoms with E-state index in [1.807, 2.05) is 0 Å². The first kappa shape index (κ1) is 28.6. The van der Waals surface area contributed by atoms with Crippen LogP contribution < -0.4 is 10.1 Å². The van der Waals surface area contributed by atoms with Gasteiger partial charge >= 0.3 is 7.60 Å². The van der Waals surface area contributed by atoms with E-state index >= 15 is 0 Å². The third kappa shape index (κ3) is 6.62. The number of fused-ring (bicyclic) bond motifs is 1. The highest BCUT2D eigenvalue weighted by Crippen LogP contribution is 2.35. The van der Waals surface area contributed by atoms with Gasteiger partial charge in [0, 0.05) is 36.9 Å². The van der Waals surface area contributed by atoms with Crippen molar-refractivity contribution in [3.63, 3.8) is 0 Å². The van der Waals surface area contributed by atoms with Crippen LogP contribution in [0.25, 0.3) is 10.9 Å². The number of hydrogen-bond donors (Lipinski definition) is 3. The Morgan fingerprint density at radius 2 is 2.00 bits per heavy atom. The highest BCUT2D eigenvalue weighted by atomic mass is 35.5. The first-order valence-corrected chi connectivity index (χ1v) is 13.8. The predicted molar refractivity (Wildman–Crippen MR) is 136 cm³/mol. The Hall–Kier alpha value is -3.38. The number of carbonyl (C=O) groups excluding carboxylic acids is 3. The van der Waals surface area contributed by atoms with Crippen molar-refractivity contribution < 1.29 is 42.3 Å². The van der Waals surface area contributed by atoms with Crippen LogP contribution in [-0.2, 0) is 27.2 Å². The van der Waals surface area contributed by atoms with Gasteiger partial charge in [-0.3, -0.25) is 23.6 Å². The molecule has 1 aliphatic heterocycles. The van der Waals surface area contributed by atoms with Gasteiger partial charge in [-0.25, -0.2) is 8.78 Å². The summed E-state index contributed by atoms with van der Waals surface area (Å²) in [6.45, 7) is 0.246. The molecule has 208 valence electrons. The van der Waals surface area contributed by atoms with Crippen molar-refractivity contribution in [1.29, 1.82) is 0 Å². The molecule has 0 aliphatic carbocycles. The molecule has 4 rings (SSSR count). The molecule has 1 fully saturated rings. The quantitative estimate of drug-likeness (QED) is 0.257. The van der Waals surface area contributed by atoms with Crippen LogP contribution in [0.3, 0.4) is 0 Å². The molecule has 0 spiro atoms. The lowest BCUT2D eigenvalue weighted by Crippen LogP contribution is -2.46. The maximum atomic E-state index is 14.4. The molecule has 0 bridgehead atoms. The molecular formula is C24H24ClF2N4O7P. The molecule has 2 aromatic carbocycles. The summed E-state index contributed by atoms with van der Waals surface area (Å²) in [6, 6.07) is 7.38. The number of carbonyl (C=O) groups is 3. The Balaban J connectivity index is 1.54. The van der Waals surface area contributed by atoms with Gasteiger partial charge < -0.3 is 24.7 Å². The Kier molecular flexibility index (Phi) is 8.36. The molecule has 2 heterocycles. The second kappa shape index (κ2) is 11.4. The van der Waals surface area contributed by atoms with E-state index in [1.165, 1.54) is 48.0 Å². The van der Waals surface area contributed by atoms with Gasteiger partial charge in [0.15, 0.2) is 12.1 Å². The Morgan fingerprint density at radius 3 is 2.69 bits per heavy atom. The van der Waals surface area contributed by atoms with Crippen LogP contribution in [-0.4, -0.2) is 67.2 Å². The number of likely N-dealkylation sites (tertiary alicyclic amines) is 1. The minimum atomic E-state index is -4.46. The van der Waals surface area contributed by atoms with Crippen LogP contribution >= 0.6 is 19.2 Å².